The van der Waals surface area contributed by atoms with Crippen molar-refractivity contribution in [2.45, 2.75) is 0 Å². The standard InChI is InChI=1S/C19H14N2O/c1-2-4-14-12(3-1)5-8-16-15(14)7-6-13-11-17-19(21-18(13)16)20-9-10-22-17/h1-8,11H,9-10H2,(H,20,21). The van der Waals surface area contributed by atoms with Gasteiger partial charge in [-0.2, -0.15) is 0 Å². The third-order valence-electron chi connectivity index (χ3n) is 4.32. The van der Waals surface area contributed by atoms with Gasteiger partial charge in [0.2, 0.25) is 0 Å². The zero-order chi connectivity index (χ0) is 14.5. The van der Waals surface area contributed by atoms with Gasteiger partial charge in [0.05, 0.1) is 12.1 Å². The van der Waals surface area contributed by atoms with E-state index in [0.29, 0.717) is 6.61 Å². The van der Waals surface area contributed by atoms with Crippen molar-refractivity contribution in [3.8, 4) is 5.75 Å². The Bertz CT molecular complexity index is 1040. The van der Waals surface area contributed by atoms with Crippen LogP contribution in [0.25, 0.3) is 32.4 Å². The summed E-state index contributed by atoms with van der Waals surface area (Å²) in [4.78, 5) is 4.81. The number of nitrogens with zero attached hydrogens (tertiary/aromatic N) is 1. The van der Waals surface area contributed by atoms with Crippen LogP contribution in [0.3, 0.4) is 0 Å². The molecule has 22 heavy (non-hydrogen) atoms. The molecule has 1 aliphatic rings. The van der Waals surface area contributed by atoms with Gasteiger partial charge in [0.15, 0.2) is 11.6 Å². The van der Waals surface area contributed by atoms with Crippen LogP contribution >= 0.6 is 0 Å². The number of aromatic nitrogens is 1. The number of hydrogen-bond donors (Lipinski definition) is 1. The average molecular weight is 286 g/mol. The molecule has 0 amide bonds. The van der Waals surface area contributed by atoms with Gasteiger partial charge in [-0.25, -0.2) is 4.98 Å². The number of ether oxygens (including phenoxy) is 1. The van der Waals surface area contributed by atoms with Crippen molar-refractivity contribution in [1.82, 2.24) is 4.98 Å². The summed E-state index contributed by atoms with van der Waals surface area (Å²) in [6.45, 7) is 1.50. The monoisotopic (exact) mass is 286 g/mol. The van der Waals surface area contributed by atoms with Crippen molar-refractivity contribution in [1.29, 1.82) is 0 Å². The van der Waals surface area contributed by atoms with Gasteiger partial charge in [0, 0.05) is 10.8 Å². The van der Waals surface area contributed by atoms with Crippen LogP contribution in [0.15, 0.2) is 54.6 Å². The second-order valence-corrected chi connectivity index (χ2v) is 5.63. The fourth-order valence-corrected chi connectivity index (χ4v) is 3.27. The van der Waals surface area contributed by atoms with Crippen molar-refractivity contribution in [3.63, 3.8) is 0 Å². The molecule has 0 saturated heterocycles. The lowest BCUT2D eigenvalue weighted by atomic mass is 9.99. The normalized spacial score (nSPS) is 13.8. The van der Waals surface area contributed by atoms with E-state index >= 15 is 0 Å². The molecule has 3 aromatic carbocycles. The Morgan fingerprint density at radius 1 is 0.864 bits per heavy atom. The minimum absolute atomic E-state index is 0.693. The van der Waals surface area contributed by atoms with Gasteiger partial charge in [-0.1, -0.05) is 48.5 Å². The highest BCUT2D eigenvalue weighted by molar-refractivity contribution is 6.16. The van der Waals surface area contributed by atoms with Crippen molar-refractivity contribution >= 4 is 38.3 Å². The molecule has 3 heteroatoms. The molecule has 1 N–H and O–H groups in total. The molecule has 0 saturated carbocycles. The Morgan fingerprint density at radius 3 is 2.73 bits per heavy atom. The van der Waals surface area contributed by atoms with Gasteiger partial charge in [0.25, 0.3) is 0 Å². The van der Waals surface area contributed by atoms with E-state index in [1.807, 2.05) is 0 Å². The lowest BCUT2D eigenvalue weighted by Gasteiger charge is -2.19. The van der Waals surface area contributed by atoms with Crippen molar-refractivity contribution in [2.75, 3.05) is 18.5 Å². The van der Waals surface area contributed by atoms with Crippen molar-refractivity contribution in [2.24, 2.45) is 0 Å². The Hall–Kier alpha value is -2.81. The maximum atomic E-state index is 5.69. The molecule has 0 aliphatic carbocycles. The molecular weight excluding hydrogens is 272 g/mol. The number of rotatable bonds is 0. The van der Waals surface area contributed by atoms with Crippen LogP contribution in [0.4, 0.5) is 5.82 Å². The Kier molecular flexibility index (Phi) is 2.33. The van der Waals surface area contributed by atoms with E-state index in [1.165, 1.54) is 21.5 Å². The molecular formula is C19H14N2O. The molecule has 3 nitrogen and oxygen atoms in total. The average Bonchev–Trinajstić information content (AvgIpc) is 2.59. The molecule has 1 aromatic heterocycles. The number of benzene rings is 3. The predicted octanol–water partition coefficient (Wildman–Crippen LogP) is 4.35. The molecule has 0 unspecified atom stereocenters. The van der Waals surface area contributed by atoms with Crippen molar-refractivity contribution < 1.29 is 4.74 Å². The molecule has 0 bridgehead atoms. The zero-order valence-electron chi connectivity index (χ0n) is 12.0. The van der Waals surface area contributed by atoms with Gasteiger partial charge in [-0.15, -0.1) is 0 Å². The van der Waals surface area contributed by atoms with Gasteiger partial charge >= 0.3 is 0 Å². The first-order chi connectivity index (χ1) is 10.9. The van der Waals surface area contributed by atoms with Gasteiger partial charge in [-0.05, 0) is 22.2 Å². The first-order valence-corrected chi connectivity index (χ1v) is 7.52. The first-order valence-electron chi connectivity index (χ1n) is 7.52. The quantitative estimate of drug-likeness (QED) is 0.488. The second kappa shape index (κ2) is 4.34. The summed E-state index contributed by atoms with van der Waals surface area (Å²) in [5.41, 5.74) is 1.03. The number of hydrogen-bond acceptors (Lipinski definition) is 3. The number of pyridine rings is 1. The lowest BCUT2D eigenvalue weighted by Crippen LogP contribution is -2.19. The van der Waals surface area contributed by atoms with Crippen LogP contribution < -0.4 is 10.1 Å². The van der Waals surface area contributed by atoms with E-state index in [1.54, 1.807) is 0 Å². The maximum absolute atomic E-state index is 5.69. The van der Waals surface area contributed by atoms with E-state index < -0.39 is 0 Å². The van der Waals surface area contributed by atoms with E-state index in [4.69, 9.17) is 9.72 Å². The molecule has 4 aromatic rings. The van der Waals surface area contributed by atoms with E-state index in [-0.39, 0.29) is 0 Å². The zero-order valence-corrected chi connectivity index (χ0v) is 12.0. The van der Waals surface area contributed by atoms with Crippen LogP contribution in [0.1, 0.15) is 0 Å². The summed E-state index contributed by atoms with van der Waals surface area (Å²) in [7, 11) is 0. The Morgan fingerprint density at radius 2 is 1.73 bits per heavy atom. The number of anilines is 1. The summed E-state index contributed by atoms with van der Waals surface area (Å²) >= 11 is 0. The third kappa shape index (κ3) is 1.59. The second-order valence-electron chi connectivity index (χ2n) is 5.63. The van der Waals surface area contributed by atoms with Gasteiger partial charge < -0.3 is 10.1 Å². The van der Waals surface area contributed by atoms with Crippen LogP contribution in [-0.2, 0) is 0 Å². The minimum Gasteiger partial charge on any atom is -0.488 e. The van der Waals surface area contributed by atoms with Crippen LogP contribution in [-0.4, -0.2) is 18.1 Å². The highest BCUT2D eigenvalue weighted by Crippen LogP contribution is 2.35. The van der Waals surface area contributed by atoms with Crippen LogP contribution in [0, 0.1) is 0 Å². The topological polar surface area (TPSA) is 34.2 Å². The predicted molar refractivity (Wildman–Crippen MR) is 90.7 cm³/mol. The molecule has 0 radical (unpaired) electrons. The Balaban J connectivity index is 1.93. The maximum Gasteiger partial charge on any atom is 0.169 e. The third-order valence-corrected chi connectivity index (χ3v) is 4.32. The minimum atomic E-state index is 0.693. The number of nitrogens with one attached hydrogen (secondary N) is 1. The largest absolute Gasteiger partial charge is 0.488 e. The lowest BCUT2D eigenvalue weighted by molar-refractivity contribution is 0.322. The molecule has 5 rings (SSSR count). The van der Waals surface area contributed by atoms with E-state index in [2.05, 4.69) is 59.9 Å². The summed E-state index contributed by atoms with van der Waals surface area (Å²) in [6.07, 6.45) is 0. The van der Waals surface area contributed by atoms with Crippen molar-refractivity contribution in [3.05, 3.63) is 54.6 Å². The Labute approximate surface area is 127 Å². The SMILES string of the molecule is c1ccc2c(c1)ccc1c2ccc2cc3c(nc21)NCCO3. The summed E-state index contributed by atoms with van der Waals surface area (Å²) in [5, 5.41) is 9.40. The number of fused-ring (bicyclic) bond motifs is 6. The van der Waals surface area contributed by atoms with Crippen LogP contribution in [0.2, 0.25) is 0 Å². The summed E-state index contributed by atoms with van der Waals surface area (Å²) < 4.78 is 5.69. The highest BCUT2D eigenvalue weighted by Gasteiger charge is 2.14. The van der Waals surface area contributed by atoms with E-state index in [0.717, 1.165) is 29.0 Å². The first kappa shape index (κ1) is 11.8. The van der Waals surface area contributed by atoms with E-state index in [9.17, 15) is 0 Å². The fraction of sp³-hybridized carbons (Fsp3) is 0.105. The van der Waals surface area contributed by atoms with Crippen LogP contribution in [0.5, 0.6) is 5.75 Å². The molecule has 0 fully saturated rings. The summed E-state index contributed by atoms with van der Waals surface area (Å²) in [6, 6.07) is 19.2. The molecule has 2 heterocycles. The van der Waals surface area contributed by atoms with Gasteiger partial charge in [0.1, 0.15) is 6.61 Å². The van der Waals surface area contributed by atoms with Gasteiger partial charge in [-0.3, -0.25) is 0 Å². The molecule has 0 atom stereocenters. The molecule has 0 spiro atoms. The highest BCUT2D eigenvalue weighted by atomic mass is 16.5. The molecule has 1 aliphatic heterocycles. The smallest absolute Gasteiger partial charge is 0.169 e. The summed E-state index contributed by atoms with van der Waals surface area (Å²) in [5.74, 6) is 1.69. The molecule has 106 valence electrons. The fourth-order valence-electron chi connectivity index (χ4n) is 3.27.